The summed E-state index contributed by atoms with van der Waals surface area (Å²) in [6.07, 6.45) is 7.56. The van der Waals surface area contributed by atoms with E-state index in [1.165, 1.54) is 19.3 Å². The third kappa shape index (κ3) is 5.52. The van der Waals surface area contributed by atoms with Gasteiger partial charge in [0.25, 0.3) is 0 Å². The van der Waals surface area contributed by atoms with Crippen LogP contribution in [0.25, 0.3) is 0 Å². The molecular weight excluding hydrogens is 226 g/mol. The average Bonchev–Trinajstić information content (AvgIpc) is 2.39. The number of aliphatic imine (C=N–C) groups is 1. The van der Waals surface area contributed by atoms with Crippen molar-refractivity contribution >= 4 is 11.7 Å². The van der Waals surface area contributed by atoms with E-state index in [0.29, 0.717) is 18.9 Å². The normalized spacial score (nSPS) is 19.6. The fourth-order valence-corrected chi connectivity index (χ4v) is 2.26. The van der Waals surface area contributed by atoms with Crippen molar-refractivity contribution in [2.24, 2.45) is 16.6 Å². The molecule has 1 fully saturated rings. The zero-order chi connectivity index (χ0) is 13.4. The Morgan fingerprint density at radius 1 is 1.39 bits per heavy atom. The van der Waals surface area contributed by atoms with Gasteiger partial charge in [-0.1, -0.05) is 26.2 Å². The molecule has 4 nitrogen and oxygen atoms in total. The largest absolute Gasteiger partial charge is 0.387 e. The van der Waals surface area contributed by atoms with E-state index in [0.717, 1.165) is 25.1 Å². The summed E-state index contributed by atoms with van der Waals surface area (Å²) < 4.78 is 0. The van der Waals surface area contributed by atoms with Gasteiger partial charge < -0.3 is 11.1 Å². The topological polar surface area (TPSA) is 67.5 Å². The second-order valence-electron chi connectivity index (χ2n) is 5.27. The molecule has 1 amide bonds. The lowest BCUT2D eigenvalue weighted by molar-refractivity contribution is -0.121. The van der Waals surface area contributed by atoms with Gasteiger partial charge in [-0.05, 0) is 26.2 Å². The van der Waals surface area contributed by atoms with Gasteiger partial charge in [0.1, 0.15) is 0 Å². The van der Waals surface area contributed by atoms with Crippen LogP contribution in [-0.4, -0.2) is 24.3 Å². The first-order chi connectivity index (χ1) is 8.63. The van der Waals surface area contributed by atoms with Crippen molar-refractivity contribution in [2.45, 2.75) is 64.8 Å². The fraction of sp³-hybridized carbons (Fsp3) is 0.857. The summed E-state index contributed by atoms with van der Waals surface area (Å²) in [4.78, 5) is 15.9. The van der Waals surface area contributed by atoms with Crippen LogP contribution >= 0.6 is 0 Å². The Labute approximate surface area is 110 Å². The van der Waals surface area contributed by atoms with Gasteiger partial charge in [-0.2, -0.15) is 0 Å². The quantitative estimate of drug-likeness (QED) is 0.563. The molecule has 3 N–H and O–H groups in total. The Morgan fingerprint density at radius 2 is 2.06 bits per heavy atom. The molecule has 0 saturated heterocycles. The van der Waals surface area contributed by atoms with E-state index in [1.54, 1.807) is 0 Å². The Bertz CT molecular complexity index is 283. The number of amidine groups is 1. The molecule has 0 aromatic heterocycles. The molecule has 1 atom stereocenters. The molecule has 0 aromatic carbocycles. The minimum absolute atomic E-state index is 0.0737. The van der Waals surface area contributed by atoms with Crippen LogP contribution in [-0.2, 0) is 4.79 Å². The van der Waals surface area contributed by atoms with Crippen LogP contribution in [0.2, 0.25) is 0 Å². The second kappa shape index (κ2) is 8.11. The van der Waals surface area contributed by atoms with Crippen LogP contribution in [0.3, 0.4) is 0 Å². The number of nitrogens with one attached hydrogen (secondary N) is 1. The number of hydrogen-bond donors (Lipinski definition) is 2. The molecular formula is C14H27N3O. The highest BCUT2D eigenvalue weighted by atomic mass is 16.1. The van der Waals surface area contributed by atoms with E-state index in [2.05, 4.69) is 17.2 Å². The fourth-order valence-electron chi connectivity index (χ4n) is 2.26. The maximum absolute atomic E-state index is 11.5. The molecule has 1 aliphatic rings. The lowest BCUT2D eigenvalue weighted by Crippen LogP contribution is -2.32. The number of carbonyl (C=O) groups is 1. The van der Waals surface area contributed by atoms with E-state index >= 15 is 0 Å². The van der Waals surface area contributed by atoms with Crippen molar-refractivity contribution in [1.82, 2.24) is 5.32 Å². The minimum atomic E-state index is 0.0737. The maximum atomic E-state index is 11.5. The van der Waals surface area contributed by atoms with Gasteiger partial charge in [-0.15, -0.1) is 0 Å². The Morgan fingerprint density at radius 3 is 2.67 bits per heavy atom. The number of hydrogen-bond acceptors (Lipinski definition) is 2. The third-order valence-corrected chi connectivity index (χ3v) is 3.68. The molecule has 18 heavy (non-hydrogen) atoms. The average molecular weight is 253 g/mol. The lowest BCUT2D eigenvalue weighted by atomic mass is 9.88. The summed E-state index contributed by atoms with van der Waals surface area (Å²) in [6.45, 7) is 4.59. The Balaban J connectivity index is 2.24. The van der Waals surface area contributed by atoms with Crippen LogP contribution in [0.4, 0.5) is 0 Å². The molecule has 4 heteroatoms. The highest BCUT2D eigenvalue weighted by Gasteiger charge is 2.16. The molecule has 0 radical (unpaired) electrons. The van der Waals surface area contributed by atoms with Gasteiger partial charge in [0, 0.05) is 24.9 Å². The second-order valence-corrected chi connectivity index (χ2v) is 5.27. The molecule has 1 saturated carbocycles. The van der Waals surface area contributed by atoms with Crippen molar-refractivity contribution in [2.75, 3.05) is 6.54 Å². The van der Waals surface area contributed by atoms with Gasteiger partial charge in [-0.25, -0.2) is 0 Å². The van der Waals surface area contributed by atoms with Gasteiger partial charge in [0.05, 0.1) is 5.84 Å². The number of amides is 1. The van der Waals surface area contributed by atoms with Crippen molar-refractivity contribution in [3.05, 3.63) is 0 Å². The van der Waals surface area contributed by atoms with E-state index in [4.69, 9.17) is 5.73 Å². The first-order valence-electron chi connectivity index (χ1n) is 7.22. The summed E-state index contributed by atoms with van der Waals surface area (Å²) >= 11 is 0. The summed E-state index contributed by atoms with van der Waals surface area (Å²) in [5.41, 5.74) is 5.98. The molecule has 0 aromatic rings. The number of nitrogens with zero attached hydrogens (tertiary/aromatic N) is 1. The van der Waals surface area contributed by atoms with Gasteiger partial charge in [-0.3, -0.25) is 9.79 Å². The summed E-state index contributed by atoms with van der Waals surface area (Å²) in [5.74, 6) is 1.28. The molecule has 1 unspecified atom stereocenters. The molecule has 104 valence electrons. The van der Waals surface area contributed by atoms with Gasteiger partial charge >= 0.3 is 0 Å². The van der Waals surface area contributed by atoms with Crippen LogP contribution < -0.4 is 11.1 Å². The smallest absolute Gasteiger partial charge is 0.222 e. The van der Waals surface area contributed by atoms with E-state index in [9.17, 15) is 4.79 Å². The van der Waals surface area contributed by atoms with E-state index < -0.39 is 0 Å². The minimum Gasteiger partial charge on any atom is -0.387 e. The van der Waals surface area contributed by atoms with Gasteiger partial charge in [0.2, 0.25) is 5.91 Å². The van der Waals surface area contributed by atoms with Crippen molar-refractivity contribution < 1.29 is 4.79 Å². The van der Waals surface area contributed by atoms with Gasteiger partial charge in [0.15, 0.2) is 0 Å². The molecule has 1 rings (SSSR count). The Kier molecular flexibility index (Phi) is 6.76. The van der Waals surface area contributed by atoms with Crippen molar-refractivity contribution in [1.29, 1.82) is 0 Å². The standard InChI is InChI=1S/C14H27N3O/c1-3-11(2)17-13(18)9-10-16-14(15)12-7-5-4-6-8-12/h11-12H,3-10H2,1-2H3,(H2,15,16)(H,17,18). The number of carbonyl (C=O) groups excluding carboxylic acids is 1. The molecule has 0 aliphatic heterocycles. The highest BCUT2D eigenvalue weighted by Crippen LogP contribution is 2.23. The van der Waals surface area contributed by atoms with E-state index in [1.807, 2.05) is 6.92 Å². The molecule has 0 heterocycles. The summed E-state index contributed by atoms with van der Waals surface area (Å²) in [5, 5.41) is 2.93. The SMILES string of the molecule is CCC(C)NC(=O)CCN=C(N)C1CCCCC1. The summed E-state index contributed by atoms with van der Waals surface area (Å²) in [6, 6.07) is 0.247. The highest BCUT2D eigenvalue weighted by molar-refractivity contribution is 5.83. The number of rotatable bonds is 6. The van der Waals surface area contributed by atoms with Crippen LogP contribution in [0.15, 0.2) is 4.99 Å². The van der Waals surface area contributed by atoms with Crippen LogP contribution in [0.1, 0.15) is 58.8 Å². The maximum Gasteiger partial charge on any atom is 0.222 e. The lowest BCUT2D eigenvalue weighted by Gasteiger charge is -2.20. The summed E-state index contributed by atoms with van der Waals surface area (Å²) in [7, 11) is 0. The first kappa shape index (κ1) is 15.0. The van der Waals surface area contributed by atoms with Crippen molar-refractivity contribution in [3.8, 4) is 0 Å². The zero-order valence-electron chi connectivity index (χ0n) is 11.7. The molecule has 0 bridgehead atoms. The predicted octanol–water partition coefficient (Wildman–Crippen LogP) is 2.23. The van der Waals surface area contributed by atoms with Crippen LogP contribution in [0, 0.1) is 5.92 Å². The third-order valence-electron chi connectivity index (χ3n) is 3.68. The van der Waals surface area contributed by atoms with Crippen LogP contribution in [0.5, 0.6) is 0 Å². The Hall–Kier alpha value is -1.06. The molecule has 1 aliphatic carbocycles. The van der Waals surface area contributed by atoms with Crippen molar-refractivity contribution in [3.63, 3.8) is 0 Å². The molecule has 0 spiro atoms. The monoisotopic (exact) mass is 253 g/mol. The zero-order valence-corrected chi connectivity index (χ0v) is 11.7. The number of nitrogens with two attached hydrogens (primary N) is 1. The van der Waals surface area contributed by atoms with E-state index in [-0.39, 0.29) is 11.9 Å². The first-order valence-corrected chi connectivity index (χ1v) is 7.22. The predicted molar refractivity (Wildman–Crippen MR) is 75.6 cm³/mol.